The van der Waals surface area contributed by atoms with E-state index in [2.05, 4.69) is 15.6 Å². The van der Waals surface area contributed by atoms with Crippen LogP contribution in [0, 0.1) is 4.77 Å². The molecule has 0 radical (unpaired) electrons. The maximum absolute atomic E-state index is 5.33. The number of benzene rings is 1. The first-order valence-corrected chi connectivity index (χ1v) is 5.49. The molecule has 0 aliphatic carbocycles. The maximum atomic E-state index is 5.33. The summed E-state index contributed by atoms with van der Waals surface area (Å²) in [6, 6.07) is 8.11. The molecule has 1 aromatic heterocycles. The van der Waals surface area contributed by atoms with Crippen molar-refractivity contribution in [3.63, 3.8) is 0 Å². The van der Waals surface area contributed by atoms with Crippen LogP contribution in [0.25, 0.3) is 11.0 Å². The van der Waals surface area contributed by atoms with E-state index in [0.717, 1.165) is 29.0 Å². The van der Waals surface area contributed by atoms with Crippen LogP contribution in [0.2, 0.25) is 0 Å². The first-order chi connectivity index (χ1) is 7.33. The van der Waals surface area contributed by atoms with E-state index in [1.165, 1.54) is 0 Å². The highest BCUT2D eigenvalue weighted by Crippen LogP contribution is 2.12. The van der Waals surface area contributed by atoms with Gasteiger partial charge in [0.1, 0.15) is 0 Å². The largest absolute Gasteiger partial charge is 0.380 e. The van der Waals surface area contributed by atoms with Crippen molar-refractivity contribution in [1.82, 2.24) is 9.55 Å². The van der Waals surface area contributed by atoms with Crippen LogP contribution in [0.3, 0.4) is 0 Å². The van der Waals surface area contributed by atoms with Gasteiger partial charge in [-0.1, -0.05) is 12.1 Å². The first-order valence-electron chi connectivity index (χ1n) is 5.08. The molecule has 0 bridgehead atoms. The first kappa shape index (κ1) is 10.4. The topological polar surface area (TPSA) is 29.9 Å². The van der Waals surface area contributed by atoms with Gasteiger partial charge in [0.05, 0.1) is 17.6 Å². The molecule has 1 heterocycles. The van der Waals surface area contributed by atoms with Crippen molar-refractivity contribution >= 4 is 23.3 Å². The van der Waals surface area contributed by atoms with Crippen molar-refractivity contribution in [3.8, 4) is 0 Å². The van der Waals surface area contributed by atoms with E-state index in [-0.39, 0.29) is 0 Å². The molecule has 0 atom stereocenters. The van der Waals surface area contributed by atoms with Crippen molar-refractivity contribution in [2.45, 2.75) is 13.5 Å². The van der Waals surface area contributed by atoms with E-state index in [1.807, 2.05) is 25.1 Å². The van der Waals surface area contributed by atoms with Crippen LogP contribution in [0.4, 0.5) is 0 Å². The Balaban J connectivity index is 2.33. The van der Waals surface area contributed by atoms with Gasteiger partial charge in [-0.2, -0.15) is 0 Å². The number of aromatic amines is 1. The molecule has 4 heteroatoms. The summed E-state index contributed by atoms with van der Waals surface area (Å²) >= 11 is 5.25. The number of imidazole rings is 1. The Labute approximate surface area is 93.7 Å². The van der Waals surface area contributed by atoms with E-state index in [1.54, 1.807) is 0 Å². The summed E-state index contributed by atoms with van der Waals surface area (Å²) < 4.78 is 8.16. The second kappa shape index (κ2) is 4.59. The van der Waals surface area contributed by atoms with Crippen molar-refractivity contribution in [3.05, 3.63) is 29.0 Å². The Kier molecular flexibility index (Phi) is 3.18. The zero-order chi connectivity index (χ0) is 10.7. The molecule has 15 heavy (non-hydrogen) atoms. The van der Waals surface area contributed by atoms with Gasteiger partial charge in [0.2, 0.25) is 0 Å². The molecule has 0 spiro atoms. The number of aromatic nitrogens is 2. The SMILES string of the molecule is CCOCCn1c(=S)[nH]c2ccccc21. The molecule has 0 aliphatic rings. The van der Waals surface area contributed by atoms with E-state index in [9.17, 15) is 0 Å². The van der Waals surface area contributed by atoms with Crippen LogP contribution >= 0.6 is 12.2 Å². The standard InChI is InChI=1S/C11H14N2OS/c1-2-14-8-7-13-10-6-4-3-5-9(10)12-11(13)15/h3-6H,2,7-8H2,1H3,(H,12,15). The Hall–Kier alpha value is -1.13. The number of hydrogen-bond acceptors (Lipinski definition) is 2. The van der Waals surface area contributed by atoms with Crippen molar-refractivity contribution in [2.75, 3.05) is 13.2 Å². The van der Waals surface area contributed by atoms with Gasteiger partial charge in [-0.15, -0.1) is 0 Å². The highest BCUT2D eigenvalue weighted by molar-refractivity contribution is 7.71. The Bertz CT molecular complexity index is 501. The van der Waals surface area contributed by atoms with Gasteiger partial charge >= 0.3 is 0 Å². The monoisotopic (exact) mass is 222 g/mol. The Morgan fingerprint density at radius 3 is 3.00 bits per heavy atom. The Morgan fingerprint density at radius 2 is 2.20 bits per heavy atom. The fourth-order valence-electron chi connectivity index (χ4n) is 1.63. The minimum Gasteiger partial charge on any atom is -0.380 e. The number of H-pyrrole nitrogens is 1. The fourth-order valence-corrected chi connectivity index (χ4v) is 1.93. The lowest BCUT2D eigenvalue weighted by Crippen LogP contribution is -2.05. The number of ether oxygens (including phenoxy) is 1. The summed E-state index contributed by atoms with van der Waals surface area (Å²) in [5.41, 5.74) is 2.22. The van der Waals surface area contributed by atoms with Crippen LogP contribution in [-0.2, 0) is 11.3 Å². The summed E-state index contributed by atoms with van der Waals surface area (Å²) in [5.74, 6) is 0. The zero-order valence-corrected chi connectivity index (χ0v) is 9.51. The van der Waals surface area contributed by atoms with Crippen LogP contribution < -0.4 is 0 Å². The van der Waals surface area contributed by atoms with Gasteiger partial charge in [0.25, 0.3) is 0 Å². The van der Waals surface area contributed by atoms with Gasteiger partial charge in [-0.3, -0.25) is 0 Å². The molecule has 3 nitrogen and oxygen atoms in total. The molecule has 1 N–H and O–H groups in total. The molecule has 0 unspecified atom stereocenters. The molecule has 0 amide bonds. The molecule has 0 aliphatic heterocycles. The van der Waals surface area contributed by atoms with Crippen LogP contribution in [0.1, 0.15) is 6.92 Å². The van der Waals surface area contributed by atoms with E-state index in [4.69, 9.17) is 17.0 Å². The van der Waals surface area contributed by atoms with Gasteiger partial charge in [0, 0.05) is 13.2 Å². The Morgan fingerprint density at radius 1 is 1.40 bits per heavy atom. The van der Waals surface area contributed by atoms with Gasteiger partial charge < -0.3 is 14.3 Å². The lowest BCUT2D eigenvalue weighted by molar-refractivity contribution is 0.139. The van der Waals surface area contributed by atoms with Gasteiger partial charge in [0.15, 0.2) is 4.77 Å². The van der Waals surface area contributed by atoms with E-state index >= 15 is 0 Å². The molecule has 1 aromatic carbocycles. The quantitative estimate of drug-likeness (QED) is 0.637. The van der Waals surface area contributed by atoms with Gasteiger partial charge in [-0.05, 0) is 31.3 Å². The van der Waals surface area contributed by atoms with Gasteiger partial charge in [-0.25, -0.2) is 0 Å². The number of nitrogens with one attached hydrogen (secondary N) is 1. The summed E-state index contributed by atoms with van der Waals surface area (Å²) in [6.07, 6.45) is 0. The highest BCUT2D eigenvalue weighted by Gasteiger charge is 2.02. The lowest BCUT2D eigenvalue weighted by atomic mass is 10.3. The second-order valence-corrected chi connectivity index (χ2v) is 3.68. The highest BCUT2D eigenvalue weighted by atomic mass is 32.1. The fraction of sp³-hybridized carbons (Fsp3) is 0.364. The predicted molar refractivity (Wildman–Crippen MR) is 63.6 cm³/mol. The smallest absolute Gasteiger partial charge is 0.178 e. The molecule has 0 fully saturated rings. The van der Waals surface area contributed by atoms with E-state index < -0.39 is 0 Å². The summed E-state index contributed by atoms with van der Waals surface area (Å²) in [4.78, 5) is 3.18. The maximum Gasteiger partial charge on any atom is 0.178 e. The molecule has 0 saturated carbocycles. The van der Waals surface area contributed by atoms with Crippen LogP contribution in [0.5, 0.6) is 0 Å². The predicted octanol–water partition coefficient (Wildman–Crippen LogP) is 2.74. The number of hydrogen-bond donors (Lipinski definition) is 1. The third-order valence-corrected chi connectivity index (χ3v) is 2.67. The third kappa shape index (κ3) is 2.11. The normalized spacial score (nSPS) is 11.0. The molecule has 80 valence electrons. The number of para-hydroxylation sites is 2. The minimum atomic E-state index is 0.701. The van der Waals surface area contributed by atoms with Crippen LogP contribution in [0.15, 0.2) is 24.3 Å². The number of rotatable bonds is 4. The summed E-state index contributed by atoms with van der Waals surface area (Å²) in [7, 11) is 0. The number of nitrogens with zero attached hydrogens (tertiary/aromatic N) is 1. The number of fused-ring (bicyclic) bond motifs is 1. The second-order valence-electron chi connectivity index (χ2n) is 3.30. The minimum absolute atomic E-state index is 0.701. The molecular formula is C11H14N2OS. The summed E-state index contributed by atoms with van der Waals surface area (Å²) in [5, 5.41) is 0. The zero-order valence-electron chi connectivity index (χ0n) is 8.69. The van der Waals surface area contributed by atoms with Crippen LogP contribution in [-0.4, -0.2) is 22.8 Å². The summed E-state index contributed by atoms with van der Waals surface area (Å²) in [6.45, 7) is 4.24. The van der Waals surface area contributed by atoms with E-state index in [0.29, 0.717) is 6.61 Å². The molecule has 2 aromatic rings. The lowest BCUT2D eigenvalue weighted by Gasteiger charge is -2.03. The average Bonchev–Trinajstić information content (AvgIpc) is 2.56. The average molecular weight is 222 g/mol. The van der Waals surface area contributed by atoms with Crippen molar-refractivity contribution < 1.29 is 4.74 Å². The van der Waals surface area contributed by atoms with Crippen molar-refractivity contribution in [1.29, 1.82) is 0 Å². The molecular weight excluding hydrogens is 208 g/mol. The molecule has 2 rings (SSSR count). The third-order valence-electron chi connectivity index (χ3n) is 2.34. The van der Waals surface area contributed by atoms with Crippen molar-refractivity contribution in [2.24, 2.45) is 0 Å². The molecule has 0 saturated heterocycles.